The third-order valence-corrected chi connectivity index (χ3v) is 3.85. The summed E-state index contributed by atoms with van der Waals surface area (Å²) in [5, 5.41) is 11.8. The van der Waals surface area contributed by atoms with Crippen molar-refractivity contribution in [2.45, 2.75) is 33.0 Å². The fraction of sp³-hybridized carbons (Fsp3) is 0.529. The van der Waals surface area contributed by atoms with Crippen molar-refractivity contribution in [2.24, 2.45) is 11.8 Å². The number of nitrogens with one attached hydrogen (secondary N) is 1. The van der Waals surface area contributed by atoms with Gasteiger partial charge in [-0.05, 0) is 43.9 Å². The second-order valence-electron chi connectivity index (χ2n) is 5.56. The molecule has 0 aromatic carbocycles. The van der Waals surface area contributed by atoms with E-state index in [4.69, 9.17) is 14.6 Å². The Kier molecular flexibility index (Phi) is 6.55. The molecule has 126 valence electrons. The monoisotopic (exact) mass is 320 g/mol. The van der Waals surface area contributed by atoms with Gasteiger partial charge in [0.2, 0.25) is 6.29 Å². The highest BCUT2D eigenvalue weighted by Crippen LogP contribution is 2.32. The number of anilines is 1. The smallest absolute Gasteiger partial charge is 0.290 e. The second kappa shape index (κ2) is 8.64. The molecule has 6 nitrogen and oxygen atoms in total. The van der Waals surface area contributed by atoms with Crippen LogP contribution in [0.3, 0.4) is 0 Å². The first-order chi connectivity index (χ1) is 11.2. The average molecular weight is 320 g/mol. The van der Waals surface area contributed by atoms with Crippen molar-refractivity contribution >= 4 is 11.6 Å². The molecule has 0 spiro atoms. The molecule has 0 saturated heterocycles. The van der Waals surface area contributed by atoms with Gasteiger partial charge in [0.25, 0.3) is 5.91 Å². The highest BCUT2D eigenvalue weighted by molar-refractivity contribution is 6.02. The summed E-state index contributed by atoms with van der Waals surface area (Å²) in [5.74, 6) is 0.203. The van der Waals surface area contributed by atoms with E-state index in [9.17, 15) is 4.79 Å². The van der Waals surface area contributed by atoms with Crippen molar-refractivity contribution in [3.63, 3.8) is 0 Å². The number of hydrogen-bond acceptors (Lipinski definition) is 5. The summed E-state index contributed by atoms with van der Waals surface area (Å²) in [6.07, 6.45) is 6.05. The molecule has 1 aliphatic rings. The van der Waals surface area contributed by atoms with Crippen LogP contribution >= 0.6 is 0 Å². The lowest BCUT2D eigenvalue weighted by molar-refractivity contribution is -0.169. The summed E-state index contributed by atoms with van der Waals surface area (Å²) in [5.41, 5.74) is 0.616. The van der Waals surface area contributed by atoms with Gasteiger partial charge in [-0.25, -0.2) is 0 Å². The third kappa shape index (κ3) is 4.77. The number of allylic oxidation sites excluding steroid dienone is 1. The van der Waals surface area contributed by atoms with E-state index in [2.05, 4.69) is 10.3 Å². The molecule has 0 unspecified atom stereocenters. The van der Waals surface area contributed by atoms with E-state index >= 15 is 0 Å². The number of rotatable bonds is 7. The number of pyridine rings is 1. The first kappa shape index (κ1) is 17.4. The zero-order chi connectivity index (χ0) is 16.7. The highest BCUT2D eigenvalue weighted by Gasteiger charge is 2.34. The Balaban J connectivity index is 2.08. The van der Waals surface area contributed by atoms with Crippen LogP contribution in [0.4, 0.5) is 5.69 Å². The molecule has 0 saturated carbocycles. The van der Waals surface area contributed by atoms with E-state index < -0.39 is 6.29 Å². The second-order valence-corrected chi connectivity index (χ2v) is 5.56. The van der Waals surface area contributed by atoms with Crippen LogP contribution in [0.25, 0.3) is 0 Å². The van der Waals surface area contributed by atoms with Crippen molar-refractivity contribution in [2.75, 3.05) is 18.5 Å². The molecule has 0 aliphatic carbocycles. The Morgan fingerprint density at radius 2 is 2.35 bits per heavy atom. The third-order valence-electron chi connectivity index (χ3n) is 3.85. The maximum absolute atomic E-state index is 12.4. The lowest BCUT2D eigenvalue weighted by Crippen LogP contribution is -2.37. The molecule has 1 aromatic rings. The minimum absolute atomic E-state index is 0.122. The van der Waals surface area contributed by atoms with Crippen molar-refractivity contribution < 1.29 is 19.4 Å². The minimum atomic E-state index is -0.471. The highest BCUT2D eigenvalue weighted by atomic mass is 16.7. The van der Waals surface area contributed by atoms with Crippen molar-refractivity contribution in [3.05, 3.63) is 36.4 Å². The molecule has 0 fully saturated rings. The summed E-state index contributed by atoms with van der Waals surface area (Å²) >= 11 is 0. The van der Waals surface area contributed by atoms with Crippen molar-refractivity contribution in [1.29, 1.82) is 0 Å². The van der Waals surface area contributed by atoms with Crippen LogP contribution in [0, 0.1) is 11.8 Å². The Hall–Kier alpha value is -1.92. The topological polar surface area (TPSA) is 80.7 Å². The molecule has 23 heavy (non-hydrogen) atoms. The van der Waals surface area contributed by atoms with Gasteiger partial charge in [-0.1, -0.05) is 6.92 Å². The first-order valence-corrected chi connectivity index (χ1v) is 7.98. The molecule has 6 heteroatoms. The molecule has 2 heterocycles. The van der Waals surface area contributed by atoms with E-state index in [1.165, 1.54) is 0 Å². The minimum Gasteiger partial charge on any atom is -0.459 e. The molecule has 1 aliphatic heterocycles. The number of aliphatic hydroxyl groups excluding tert-OH is 1. The van der Waals surface area contributed by atoms with Gasteiger partial charge in [0.1, 0.15) is 0 Å². The van der Waals surface area contributed by atoms with Gasteiger partial charge in [0.15, 0.2) is 5.76 Å². The number of hydrogen-bond donors (Lipinski definition) is 2. The SMILES string of the molecule is CCO[C@@H]1OC(C(=O)Nc2cccnc2)=C[C@H](C)[C@@H]1CCCO. The fourth-order valence-corrected chi connectivity index (χ4v) is 2.67. The van der Waals surface area contributed by atoms with Gasteiger partial charge in [-0.2, -0.15) is 0 Å². The van der Waals surface area contributed by atoms with Crippen LogP contribution in [0.5, 0.6) is 0 Å². The Bertz CT molecular complexity index is 533. The van der Waals surface area contributed by atoms with E-state index in [1.54, 1.807) is 24.5 Å². The van der Waals surface area contributed by atoms with E-state index in [1.807, 2.05) is 19.9 Å². The Morgan fingerprint density at radius 3 is 3.00 bits per heavy atom. The zero-order valence-corrected chi connectivity index (χ0v) is 13.6. The molecule has 2 N–H and O–H groups in total. The van der Waals surface area contributed by atoms with Crippen LogP contribution < -0.4 is 5.32 Å². The largest absolute Gasteiger partial charge is 0.459 e. The van der Waals surface area contributed by atoms with Gasteiger partial charge < -0.3 is 19.9 Å². The summed E-state index contributed by atoms with van der Waals surface area (Å²) in [4.78, 5) is 16.3. The molecule has 1 amide bonds. The van der Waals surface area contributed by atoms with Crippen LogP contribution in [0.1, 0.15) is 26.7 Å². The molecular formula is C17H24N2O4. The predicted molar refractivity (Wildman–Crippen MR) is 86.4 cm³/mol. The van der Waals surface area contributed by atoms with Gasteiger partial charge >= 0.3 is 0 Å². The molecule has 2 rings (SSSR count). The number of nitrogens with zero attached hydrogens (tertiary/aromatic N) is 1. The quantitative estimate of drug-likeness (QED) is 0.806. The van der Waals surface area contributed by atoms with E-state index in [0.717, 1.165) is 6.42 Å². The van der Waals surface area contributed by atoms with Gasteiger partial charge in [0, 0.05) is 25.3 Å². The molecule has 3 atom stereocenters. The van der Waals surface area contributed by atoms with Crippen LogP contribution in [-0.2, 0) is 14.3 Å². The zero-order valence-electron chi connectivity index (χ0n) is 13.6. The molecule has 0 radical (unpaired) electrons. The standard InChI is InChI=1S/C17H24N2O4/c1-3-22-17-14(7-5-9-20)12(2)10-15(23-17)16(21)19-13-6-4-8-18-11-13/h4,6,8,10-12,14,17,20H,3,5,7,9H2,1-2H3,(H,19,21)/t12-,14-,17+/m0/s1. The van der Waals surface area contributed by atoms with Crippen molar-refractivity contribution in [3.8, 4) is 0 Å². The maximum atomic E-state index is 12.4. The van der Waals surface area contributed by atoms with Crippen molar-refractivity contribution in [1.82, 2.24) is 4.98 Å². The lowest BCUT2D eigenvalue weighted by atomic mass is 9.87. The van der Waals surface area contributed by atoms with E-state index in [0.29, 0.717) is 18.7 Å². The number of ether oxygens (including phenoxy) is 2. The molecule has 1 aromatic heterocycles. The first-order valence-electron chi connectivity index (χ1n) is 7.98. The summed E-state index contributed by atoms with van der Waals surface area (Å²) in [7, 11) is 0. The maximum Gasteiger partial charge on any atom is 0.290 e. The van der Waals surface area contributed by atoms with Crippen LogP contribution in [-0.4, -0.2) is 35.5 Å². The van der Waals surface area contributed by atoms with Crippen LogP contribution in [0.15, 0.2) is 36.4 Å². The molecule has 0 bridgehead atoms. The summed E-state index contributed by atoms with van der Waals surface area (Å²) in [6, 6.07) is 3.52. The number of carbonyl (C=O) groups excluding carboxylic acids is 1. The van der Waals surface area contributed by atoms with Gasteiger partial charge in [-0.15, -0.1) is 0 Å². The number of carbonyl (C=O) groups is 1. The number of amides is 1. The fourth-order valence-electron chi connectivity index (χ4n) is 2.67. The van der Waals surface area contributed by atoms with Crippen LogP contribution in [0.2, 0.25) is 0 Å². The van der Waals surface area contributed by atoms with E-state index in [-0.39, 0.29) is 30.1 Å². The summed E-state index contributed by atoms with van der Waals surface area (Å²) in [6.45, 7) is 4.57. The summed E-state index contributed by atoms with van der Waals surface area (Å²) < 4.78 is 11.4. The number of aromatic nitrogens is 1. The number of aliphatic hydroxyl groups is 1. The normalized spacial score (nSPS) is 23.8. The van der Waals surface area contributed by atoms with Gasteiger partial charge in [0.05, 0.1) is 11.9 Å². The lowest BCUT2D eigenvalue weighted by Gasteiger charge is -2.35. The Labute approximate surface area is 136 Å². The molecular weight excluding hydrogens is 296 g/mol. The average Bonchev–Trinajstić information content (AvgIpc) is 2.55. The Morgan fingerprint density at radius 1 is 1.52 bits per heavy atom. The predicted octanol–water partition coefficient (Wildman–Crippen LogP) is 2.32. The van der Waals surface area contributed by atoms with Gasteiger partial charge in [-0.3, -0.25) is 9.78 Å².